The molecule has 1 N–H and O–H groups in total. The van der Waals surface area contributed by atoms with Crippen LogP contribution in [0.15, 0.2) is 59.2 Å². The van der Waals surface area contributed by atoms with Gasteiger partial charge in [0.25, 0.3) is 5.91 Å². The average Bonchev–Trinajstić information content (AvgIpc) is 3.64. The van der Waals surface area contributed by atoms with Crippen LogP contribution in [-0.4, -0.2) is 58.5 Å². The number of carbonyl (C=O) groups is 2. The van der Waals surface area contributed by atoms with Gasteiger partial charge in [0.05, 0.1) is 27.0 Å². The topological polar surface area (TPSA) is 84.3 Å². The summed E-state index contributed by atoms with van der Waals surface area (Å²) in [6, 6.07) is 14.4. The molecule has 11 heteroatoms. The van der Waals surface area contributed by atoms with Gasteiger partial charge in [-0.1, -0.05) is 41.6 Å². The molecule has 2 spiro atoms. The SMILES string of the molecule is COc1ccc(C2CN(C)C3(C(=O)Nc4ccc(Cl)cc43)C23SC(=S)N(Cc2ccco2)C3=O)cc1OC. The quantitative estimate of drug-likeness (QED) is 0.446. The first-order valence-electron chi connectivity index (χ1n) is 11.9. The molecular weight excluding hydrogens is 546 g/mol. The zero-order valence-electron chi connectivity index (χ0n) is 20.8. The number of hydrogen-bond donors (Lipinski definition) is 1. The van der Waals surface area contributed by atoms with Crippen LogP contribution in [0.3, 0.4) is 0 Å². The fourth-order valence-corrected chi connectivity index (χ4v) is 8.46. The molecule has 0 radical (unpaired) electrons. The van der Waals surface area contributed by atoms with Crippen molar-refractivity contribution in [1.82, 2.24) is 9.80 Å². The lowest BCUT2D eigenvalue weighted by molar-refractivity contribution is -0.138. The minimum Gasteiger partial charge on any atom is -0.493 e. The second-order valence-electron chi connectivity index (χ2n) is 9.48. The molecule has 2 amide bonds. The zero-order chi connectivity index (χ0) is 26.8. The third kappa shape index (κ3) is 3.24. The van der Waals surface area contributed by atoms with E-state index >= 15 is 0 Å². The second-order valence-corrected chi connectivity index (χ2v) is 11.8. The normalized spacial score (nSPS) is 26.5. The van der Waals surface area contributed by atoms with Gasteiger partial charge in [-0.05, 0) is 55.1 Å². The van der Waals surface area contributed by atoms with E-state index in [9.17, 15) is 9.59 Å². The fourth-order valence-electron chi connectivity index (χ4n) is 6.16. The van der Waals surface area contributed by atoms with Gasteiger partial charge >= 0.3 is 0 Å². The molecule has 8 nitrogen and oxygen atoms in total. The summed E-state index contributed by atoms with van der Waals surface area (Å²) in [5.74, 6) is 0.733. The van der Waals surface area contributed by atoms with Crippen LogP contribution in [0.4, 0.5) is 5.69 Å². The lowest BCUT2D eigenvalue weighted by Gasteiger charge is -2.41. The number of ether oxygens (including phenoxy) is 2. The Morgan fingerprint density at radius 2 is 1.95 bits per heavy atom. The number of nitrogens with zero attached hydrogens (tertiary/aromatic N) is 2. The molecule has 1 aromatic heterocycles. The number of likely N-dealkylation sites (N-methyl/N-ethyl adjacent to an activating group) is 1. The first kappa shape index (κ1) is 25.2. The monoisotopic (exact) mass is 569 g/mol. The minimum absolute atomic E-state index is 0.169. The van der Waals surface area contributed by atoms with Gasteiger partial charge in [0.1, 0.15) is 14.8 Å². The van der Waals surface area contributed by atoms with Crippen molar-refractivity contribution in [2.24, 2.45) is 0 Å². The molecule has 3 atom stereocenters. The number of likely N-dealkylation sites (tertiary alicyclic amines) is 1. The predicted molar refractivity (Wildman–Crippen MR) is 149 cm³/mol. The van der Waals surface area contributed by atoms with E-state index in [0.717, 1.165) is 5.56 Å². The number of hydrogen-bond acceptors (Lipinski definition) is 8. The maximum absolute atomic E-state index is 14.8. The van der Waals surface area contributed by atoms with Gasteiger partial charge in [0.15, 0.2) is 17.0 Å². The molecule has 38 heavy (non-hydrogen) atoms. The summed E-state index contributed by atoms with van der Waals surface area (Å²) in [5.41, 5.74) is 0.749. The van der Waals surface area contributed by atoms with Crippen LogP contribution in [-0.2, 0) is 21.7 Å². The molecule has 6 rings (SSSR count). The molecule has 0 bridgehead atoms. The number of anilines is 1. The second kappa shape index (κ2) is 9.01. The molecule has 3 aliphatic heterocycles. The highest BCUT2D eigenvalue weighted by Gasteiger charge is 2.77. The largest absolute Gasteiger partial charge is 0.493 e. The number of amides is 2. The van der Waals surface area contributed by atoms with Crippen molar-refractivity contribution in [1.29, 1.82) is 0 Å². The lowest BCUT2D eigenvalue weighted by Crippen LogP contribution is -2.61. The summed E-state index contributed by atoms with van der Waals surface area (Å²) in [4.78, 5) is 32.4. The molecule has 4 heterocycles. The van der Waals surface area contributed by atoms with E-state index in [1.807, 2.05) is 30.1 Å². The van der Waals surface area contributed by atoms with Gasteiger partial charge in [-0.2, -0.15) is 0 Å². The Hall–Kier alpha value is -3.05. The highest BCUT2D eigenvalue weighted by Crippen LogP contribution is 2.66. The Morgan fingerprint density at radius 3 is 2.66 bits per heavy atom. The Morgan fingerprint density at radius 1 is 1.16 bits per heavy atom. The molecular formula is C27H24ClN3O5S2. The van der Waals surface area contributed by atoms with Crippen LogP contribution < -0.4 is 14.8 Å². The van der Waals surface area contributed by atoms with Crippen LogP contribution in [0.25, 0.3) is 0 Å². The zero-order valence-corrected chi connectivity index (χ0v) is 23.2. The van der Waals surface area contributed by atoms with E-state index in [1.165, 1.54) is 11.8 Å². The first-order valence-corrected chi connectivity index (χ1v) is 13.5. The summed E-state index contributed by atoms with van der Waals surface area (Å²) < 4.78 is 15.6. The number of furan rings is 1. The van der Waals surface area contributed by atoms with Crippen molar-refractivity contribution in [3.63, 3.8) is 0 Å². The van der Waals surface area contributed by atoms with Crippen molar-refractivity contribution < 1.29 is 23.5 Å². The number of halogens is 1. The Bertz CT molecular complexity index is 1480. The van der Waals surface area contributed by atoms with Crippen molar-refractivity contribution in [3.8, 4) is 11.5 Å². The maximum Gasteiger partial charge on any atom is 0.251 e. The number of methoxy groups -OCH3 is 2. The molecule has 3 aromatic rings. The summed E-state index contributed by atoms with van der Waals surface area (Å²) in [6.45, 7) is 0.576. The van der Waals surface area contributed by atoms with Crippen molar-refractivity contribution >= 4 is 57.4 Å². The van der Waals surface area contributed by atoms with Crippen molar-refractivity contribution in [2.45, 2.75) is 22.7 Å². The molecule has 3 unspecified atom stereocenters. The number of thiocarbonyl (C=S) groups is 1. The standard InChI is InChI=1S/C27H24ClN3O5S2/c1-30-14-19(15-6-9-21(34-2)22(11-15)35-3)27(24(33)31(25(37)38-27)13-17-5-4-10-36-17)26(30)18-12-16(28)7-8-20(18)29-23(26)32/h4-12,19H,13-14H2,1-3H3,(H,29,32). The molecule has 2 saturated heterocycles. The number of nitrogens with one attached hydrogen (secondary N) is 1. The van der Waals surface area contributed by atoms with Gasteiger partial charge in [-0.3, -0.25) is 19.4 Å². The van der Waals surface area contributed by atoms with Crippen molar-refractivity contribution in [2.75, 3.05) is 33.1 Å². The lowest BCUT2D eigenvalue weighted by atomic mass is 9.72. The van der Waals surface area contributed by atoms with E-state index in [4.69, 9.17) is 37.7 Å². The number of rotatable bonds is 5. The van der Waals surface area contributed by atoms with Crippen molar-refractivity contribution in [3.05, 3.63) is 76.7 Å². The summed E-state index contributed by atoms with van der Waals surface area (Å²) in [7, 11) is 5.00. The maximum atomic E-state index is 14.8. The van der Waals surface area contributed by atoms with Crippen LogP contribution in [0, 0.1) is 0 Å². The highest BCUT2D eigenvalue weighted by molar-refractivity contribution is 8.25. The Labute approximate surface area is 234 Å². The summed E-state index contributed by atoms with van der Waals surface area (Å²) >= 11 is 13.5. The number of thioether (sulfide) groups is 1. The van der Waals surface area contributed by atoms with E-state index in [1.54, 1.807) is 55.7 Å². The molecule has 196 valence electrons. The van der Waals surface area contributed by atoms with Gasteiger partial charge in [0.2, 0.25) is 5.91 Å². The third-order valence-electron chi connectivity index (χ3n) is 7.74. The smallest absolute Gasteiger partial charge is 0.251 e. The predicted octanol–water partition coefficient (Wildman–Crippen LogP) is 4.63. The fraction of sp³-hybridized carbons (Fsp3) is 0.296. The van der Waals surface area contributed by atoms with Crippen LogP contribution >= 0.6 is 35.6 Å². The number of benzene rings is 2. The van der Waals surface area contributed by atoms with E-state index in [2.05, 4.69) is 5.32 Å². The average molecular weight is 570 g/mol. The molecule has 0 aliphatic carbocycles. The van der Waals surface area contributed by atoms with E-state index in [0.29, 0.717) is 44.4 Å². The number of carbonyl (C=O) groups excluding carboxylic acids is 2. The van der Waals surface area contributed by atoms with Crippen LogP contribution in [0.2, 0.25) is 5.02 Å². The third-order valence-corrected chi connectivity index (χ3v) is 9.92. The first-order chi connectivity index (χ1) is 18.3. The number of fused-ring (bicyclic) bond motifs is 3. The molecule has 2 aromatic carbocycles. The molecule has 3 aliphatic rings. The highest BCUT2D eigenvalue weighted by atomic mass is 35.5. The van der Waals surface area contributed by atoms with Crippen LogP contribution in [0.5, 0.6) is 11.5 Å². The summed E-state index contributed by atoms with van der Waals surface area (Å²) in [5, 5.41) is 3.49. The van der Waals surface area contributed by atoms with E-state index in [-0.39, 0.29) is 18.4 Å². The Kier molecular flexibility index (Phi) is 5.99. The van der Waals surface area contributed by atoms with E-state index < -0.39 is 16.2 Å². The van der Waals surface area contributed by atoms with Gasteiger partial charge in [-0.25, -0.2) is 0 Å². The Balaban J connectivity index is 1.59. The van der Waals surface area contributed by atoms with Gasteiger partial charge in [-0.15, -0.1) is 0 Å². The van der Waals surface area contributed by atoms with Gasteiger partial charge in [0, 0.05) is 28.7 Å². The molecule has 0 saturated carbocycles. The van der Waals surface area contributed by atoms with Gasteiger partial charge < -0.3 is 19.2 Å². The summed E-state index contributed by atoms with van der Waals surface area (Å²) in [6.07, 6.45) is 1.56. The minimum atomic E-state index is -1.37. The van der Waals surface area contributed by atoms with Crippen LogP contribution in [0.1, 0.15) is 22.8 Å². The molecule has 2 fully saturated rings.